The molecule has 4 heteroatoms. The van der Waals surface area contributed by atoms with Crippen molar-refractivity contribution in [3.05, 3.63) is 56.8 Å². The van der Waals surface area contributed by atoms with Crippen LogP contribution < -0.4 is 5.32 Å². The predicted molar refractivity (Wildman–Crippen MR) is 80.2 cm³/mol. The van der Waals surface area contributed by atoms with E-state index in [0.29, 0.717) is 12.0 Å². The minimum Gasteiger partial charge on any atom is -0.390 e. The number of hydrogen-bond acceptors (Lipinski definition) is 3. The van der Waals surface area contributed by atoms with E-state index in [1.165, 1.54) is 0 Å². The van der Waals surface area contributed by atoms with Gasteiger partial charge in [0, 0.05) is 16.2 Å². The van der Waals surface area contributed by atoms with Crippen LogP contribution in [0.25, 0.3) is 0 Å². The Morgan fingerprint density at radius 2 is 2.10 bits per heavy atom. The van der Waals surface area contributed by atoms with Crippen molar-refractivity contribution < 1.29 is 9.90 Å². The lowest BCUT2D eigenvalue weighted by atomic mass is 10.1. The number of thiophene rings is 1. The van der Waals surface area contributed by atoms with Gasteiger partial charge in [-0.3, -0.25) is 4.79 Å². The molecule has 104 valence electrons. The maximum Gasteiger partial charge on any atom is 0.252 e. The molecule has 2 unspecified atom stereocenters. The maximum atomic E-state index is 12.4. The first kappa shape index (κ1) is 13.3. The number of aliphatic hydroxyl groups is 1. The van der Waals surface area contributed by atoms with E-state index in [2.05, 4.69) is 5.32 Å². The molecule has 0 radical (unpaired) electrons. The van der Waals surface area contributed by atoms with Crippen molar-refractivity contribution in [2.45, 2.75) is 32.4 Å². The zero-order valence-electron chi connectivity index (χ0n) is 11.5. The molecule has 1 aromatic heterocycles. The Labute approximate surface area is 122 Å². The second-order valence-electron chi connectivity index (χ2n) is 5.25. The van der Waals surface area contributed by atoms with E-state index in [-0.39, 0.29) is 11.9 Å². The number of rotatable bonds is 2. The highest BCUT2D eigenvalue weighted by Crippen LogP contribution is 2.32. The van der Waals surface area contributed by atoms with Gasteiger partial charge >= 0.3 is 0 Å². The van der Waals surface area contributed by atoms with Crippen LogP contribution >= 0.6 is 11.3 Å². The molecule has 0 saturated heterocycles. The van der Waals surface area contributed by atoms with E-state index in [1.54, 1.807) is 11.3 Å². The number of benzene rings is 1. The standard InChI is InChI=1S/C16H17NO2S/c1-9-7-13(10(2)20-9)16(19)17-15-12-6-4-3-5-11(12)8-14(15)18/h3-7,14-15,18H,8H2,1-2H3,(H,17,19). The fourth-order valence-electron chi connectivity index (χ4n) is 2.82. The molecule has 2 aromatic rings. The Hall–Kier alpha value is -1.65. The summed E-state index contributed by atoms with van der Waals surface area (Å²) in [5.74, 6) is -0.104. The third-order valence-corrected chi connectivity index (χ3v) is 4.74. The van der Waals surface area contributed by atoms with Gasteiger partial charge in [0.15, 0.2) is 0 Å². The Bertz CT molecular complexity index is 662. The average molecular weight is 287 g/mol. The van der Waals surface area contributed by atoms with E-state index in [9.17, 15) is 9.90 Å². The lowest BCUT2D eigenvalue weighted by Crippen LogP contribution is -2.33. The number of hydrogen-bond donors (Lipinski definition) is 2. The first-order valence-electron chi connectivity index (χ1n) is 6.70. The van der Waals surface area contributed by atoms with Gasteiger partial charge in [0.2, 0.25) is 0 Å². The lowest BCUT2D eigenvalue weighted by molar-refractivity contribution is 0.0858. The van der Waals surface area contributed by atoms with Crippen LogP contribution in [0.5, 0.6) is 0 Å². The minimum atomic E-state index is -0.545. The molecule has 0 spiro atoms. The topological polar surface area (TPSA) is 49.3 Å². The van der Waals surface area contributed by atoms with E-state index in [0.717, 1.165) is 20.9 Å². The summed E-state index contributed by atoms with van der Waals surface area (Å²) < 4.78 is 0. The summed E-state index contributed by atoms with van der Waals surface area (Å²) in [4.78, 5) is 14.5. The average Bonchev–Trinajstić information content (AvgIpc) is 2.90. The Balaban J connectivity index is 1.85. The smallest absolute Gasteiger partial charge is 0.252 e. The Morgan fingerprint density at radius 3 is 2.80 bits per heavy atom. The summed E-state index contributed by atoms with van der Waals surface area (Å²) in [5, 5.41) is 13.1. The zero-order chi connectivity index (χ0) is 14.3. The molecular weight excluding hydrogens is 270 g/mol. The Morgan fingerprint density at radius 1 is 1.35 bits per heavy atom. The quantitative estimate of drug-likeness (QED) is 0.892. The summed E-state index contributed by atoms with van der Waals surface area (Å²) in [6.45, 7) is 3.94. The second-order valence-corrected chi connectivity index (χ2v) is 6.71. The highest BCUT2D eigenvalue weighted by Gasteiger charge is 2.32. The van der Waals surface area contributed by atoms with Crippen molar-refractivity contribution in [3.63, 3.8) is 0 Å². The summed E-state index contributed by atoms with van der Waals surface area (Å²) in [6.07, 6.45) is 0.0550. The van der Waals surface area contributed by atoms with Crippen LogP contribution in [-0.4, -0.2) is 17.1 Å². The minimum absolute atomic E-state index is 0.104. The molecule has 1 amide bonds. The van der Waals surface area contributed by atoms with Gasteiger partial charge in [0.25, 0.3) is 5.91 Å². The number of fused-ring (bicyclic) bond motifs is 1. The molecule has 0 fully saturated rings. The number of nitrogens with one attached hydrogen (secondary N) is 1. The van der Waals surface area contributed by atoms with E-state index in [1.807, 2.05) is 44.2 Å². The molecule has 3 rings (SSSR count). The summed E-state index contributed by atoms with van der Waals surface area (Å²) >= 11 is 1.62. The third-order valence-electron chi connectivity index (χ3n) is 3.78. The Kier molecular flexibility index (Phi) is 3.36. The normalized spacial score (nSPS) is 20.8. The van der Waals surface area contributed by atoms with Crippen molar-refractivity contribution in [1.82, 2.24) is 5.32 Å². The van der Waals surface area contributed by atoms with Crippen molar-refractivity contribution in [2.24, 2.45) is 0 Å². The van der Waals surface area contributed by atoms with Gasteiger partial charge in [0.1, 0.15) is 0 Å². The van der Waals surface area contributed by atoms with Gasteiger partial charge in [-0.2, -0.15) is 0 Å². The van der Waals surface area contributed by atoms with Gasteiger partial charge in [0.05, 0.1) is 17.7 Å². The van der Waals surface area contributed by atoms with Gasteiger partial charge in [-0.25, -0.2) is 0 Å². The van der Waals surface area contributed by atoms with Gasteiger partial charge in [-0.15, -0.1) is 11.3 Å². The first-order valence-corrected chi connectivity index (χ1v) is 7.51. The number of aryl methyl sites for hydroxylation is 2. The molecule has 2 N–H and O–H groups in total. The van der Waals surface area contributed by atoms with Crippen LogP contribution in [0.4, 0.5) is 0 Å². The van der Waals surface area contributed by atoms with Crippen molar-refractivity contribution in [2.75, 3.05) is 0 Å². The van der Waals surface area contributed by atoms with E-state index < -0.39 is 6.10 Å². The molecule has 1 aliphatic rings. The van der Waals surface area contributed by atoms with Crippen molar-refractivity contribution >= 4 is 17.2 Å². The molecule has 3 nitrogen and oxygen atoms in total. The molecule has 0 bridgehead atoms. The SMILES string of the molecule is Cc1cc(C(=O)NC2c3ccccc3CC2O)c(C)s1. The summed E-state index contributed by atoms with van der Waals surface area (Å²) in [5.41, 5.74) is 2.85. The molecule has 1 heterocycles. The predicted octanol–water partition coefficient (Wildman–Crippen LogP) is 2.75. The monoisotopic (exact) mass is 287 g/mol. The van der Waals surface area contributed by atoms with Crippen molar-refractivity contribution in [1.29, 1.82) is 0 Å². The van der Waals surface area contributed by atoms with Gasteiger partial charge in [-0.1, -0.05) is 24.3 Å². The third kappa shape index (κ3) is 2.25. The molecule has 0 aliphatic heterocycles. The second kappa shape index (κ2) is 5.04. The van der Waals surface area contributed by atoms with Crippen LogP contribution in [0.2, 0.25) is 0 Å². The van der Waals surface area contributed by atoms with Crippen LogP contribution in [0, 0.1) is 13.8 Å². The molecular formula is C16H17NO2S. The number of carbonyl (C=O) groups excluding carboxylic acids is 1. The molecule has 0 saturated carbocycles. The molecule has 1 aromatic carbocycles. The van der Waals surface area contributed by atoms with Crippen LogP contribution in [0.3, 0.4) is 0 Å². The highest BCUT2D eigenvalue weighted by molar-refractivity contribution is 7.12. The maximum absolute atomic E-state index is 12.4. The van der Waals surface area contributed by atoms with E-state index in [4.69, 9.17) is 0 Å². The molecule has 20 heavy (non-hydrogen) atoms. The van der Waals surface area contributed by atoms with Gasteiger partial charge < -0.3 is 10.4 Å². The van der Waals surface area contributed by atoms with Crippen LogP contribution in [0.15, 0.2) is 30.3 Å². The first-order chi connectivity index (χ1) is 9.56. The highest BCUT2D eigenvalue weighted by atomic mass is 32.1. The van der Waals surface area contributed by atoms with Crippen molar-refractivity contribution in [3.8, 4) is 0 Å². The fraction of sp³-hybridized carbons (Fsp3) is 0.312. The van der Waals surface area contributed by atoms with Gasteiger partial charge in [-0.05, 0) is 31.0 Å². The fourth-order valence-corrected chi connectivity index (χ4v) is 3.74. The number of carbonyl (C=O) groups is 1. The van der Waals surface area contributed by atoms with Crippen LogP contribution in [-0.2, 0) is 6.42 Å². The summed E-state index contributed by atoms with van der Waals surface area (Å²) in [6, 6.07) is 9.48. The number of aliphatic hydroxyl groups excluding tert-OH is 1. The molecule has 1 aliphatic carbocycles. The lowest BCUT2D eigenvalue weighted by Gasteiger charge is -2.17. The number of amides is 1. The largest absolute Gasteiger partial charge is 0.390 e. The van der Waals surface area contributed by atoms with Crippen LogP contribution in [0.1, 0.15) is 37.3 Å². The van der Waals surface area contributed by atoms with E-state index >= 15 is 0 Å². The zero-order valence-corrected chi connectivity index (χ0v) is 12.3. The summed E-state index contributed by atoms with van der Waals surface area (Å²) in [7, 11) is 0. The molecule has 2 atom stereocenters.